The lowest BCUT2D eigenvalue weighted by atomic mass is 10.1. The highest BCUT2D eigenvalue weighted by Crippen LogP contribution is 1.98. The fourth-order valence-corrected chi connectivity index (χ4v) is 1.32. The Balaban J connectivity index is 3.88. The molecule has 0 aliphatic rings. The molecule has 0 aromatic rings. The number of rotatable bonds is 7. The zero-order valence-electron chi connectivity index (χ0n) is 9.34. The van der Waals surface area contributed by atoms with Crippen LogP contribution in [0.1, 0.15) is 33.6 Å². The molecule has 0 saturated heterocycles. The van der Waals surface area contributed by atoms with E-state index < -0.39 is 0 Å². The molecule has 4 nitrogen and oxygen atoms in total. The second-order valence-corrected chi connectivity index (χ2v) is 3.40. The number of aliphatic hydroxyl groups is 1. The van der Waals surface area contributed by atoms with Crippen molar-refractivity contribution in [1.29, 1.82) is 0 Å². The molecular weight excluding hydrogens is 180 g/mol. The molecule has 14 heavy (non-hydrogen) atoms. The number of amides is 1. The average Bonchev–Trinajstić information content (AvgIpc) is 2.17. The zero-order valence-corrected chi connectivity index (χ0v) is 9.34. The van der Waals surface area contributed by atoms with Crippen LogP contribution >= 0.6 is 0 Å². The maximum atomic E-state index is 11.4. The summed E-state index contributed by atoms with van der Waals surface area (Å²) in [6, 6.07) is 0.0315. The minimum atomic E-state index is -0.188. The van der Waals surface area contributed by atoms with E-state index in [2.05, 4.69) is 10.6 Å². The standard InChI is InChI=1S/C10H22N2O2/c1-4-9(6-7-13)12-8(3)10(14)11-5-2/h8-9,12-13H,4-7H2,1-3H3,(H,11,14). The number of carbonyl (C=O) groups is 1. The molecule has 0 bridgehead atoms. The second kappa shape index (κ2) is 7.76. The summed E-state index contributed by atoms with van der Waals surface area (Å²) < 4.78 is 0. The van der Waals surface area contributed by atoms with Crippen molar-refractivity contribution in [2.24, 2.45) is 0 Å². The van der Waals surface area contributed by atoms with Gasteiger partial charge in [0.2, 0.25) is 5.91 Å². The molecule has 0 aliphatic carbocycles. The van der Waals surface area contributed by atoms with Crippen LogP contribution in [0.2, 0.25) is 0 Å². The Bertz CT molecular complexity index is 162. The van der Waals surface area contributed by atoms with E-state index in [4.69, 9.17) is 5.11 Å². The summed E-state index contributed by atoms with van der Waals surface area (Å²) in [7, 11) is 0. The summed E-state index contributed by atoms with van der Waals surface area (Å²) >= 11 is 0. The first-order valence-electron chi connectivity index (χ1n) is 5.30. The predicted octanol–water partition coefficient (Wildman–Crippen LogP) is 0.262. The van der Waals surface area contributed by atoms with Crippen LogP contribution in [-0.2, 0) is 4.79 Å². The maximum absolute atomic E-state index is 11.4. The van der Waals surface area contributed by atoms with Gasteiger partial charge in [0.05, 0.1) is 6.04 Å². The third-order valence-corrected chi connectivity index (χ3v) is 2.20. The SMILES string of the molecule is CCNC(=O)C(C)NC(CC)CCO. The molecule has 84 valence electrons. The van der Waals surface area contributed by atoms with Crippen LogP contribution in [0.25, 0.3) is 0 Å². The highest BCUT2D eigenvalue weighted by atomic mass is 16.3. The van der Waals surface area contributed by atoms with E-state index in [-0.39, 0.29) is 24.6 Å². The number of likely N-dealkylation sites (N-methyl/N-ethyl adjacent to an activating group) is 1. The Morgan fingerprint density at radius 2 is 2.07 bits per heavy atom. The van der Waals surface area contributed by atoms with Crippen LogP contribution in [0.5, 0.6) is 0 Å². The van der Waals surface area contributed by atoms with Crippen molar-refractivity contribution in [3.8, 4) is 0 Å². The average molecular weight is 202 g/mol. The van der Waals surface area contributed by atoms with Gasteiger partial charge in [-0.25, -0.2) is 0 Å². The van der Waals surface area contributed by atoms with Crippen molar-refractivity contribution in [2.75, 3.05) is 13.2 Å². The van der Waals surface area contributed by atoms with E-state index >= 15 is 0 Å². The van der Waals surface area contributed by atoms with Gasteiger partial charge < -0.3 is 15.7 Å². The molecule has 0 rings (SSSR count). The van der Waals surface area contributed by atoms with Crippen molar-refractivity contribution in [3.05, 3.63) is 0 Å². The first kappa shape index (κ1) is 13.4. The molecule has 1 amide bonds. The molecule has 0 saturated carbocycles. The fraction of sp³-hybridized carbons (Fsp3) is 0.900. The van der Waals surface area contributed by atoms with Crippen LogP contribution < -0.4 is 10.6 Å². The summed E-state index contributed by atoms with van der Waals surface area (Å²) in [5.41, 5.74) is 0. The van der Waals surface area contributed by atoms with Crippen molar-refractivity contribution >= 4 is 5.91 Å². The third kappa shape index (κ3) is 5.19. The van der Waals surface area contributed by atoms with Crippen molar-refractivity contribution < 1.29 is 9.90 Å². The van der Waals surface area contributed by atoms with Gasteiger partial charge in [-0.1, -0.05) is 6.92 Å². The highest BCUT2D eigenvalue weighted by molar-refractivity contribution is 5.81. The number of aliphatic hydroxyl groups excluding tert-OH is 1. The molecular formula is C10H22N2O2. The molecule has 0 radical (unpaired) electrons. The van der Waals surface area contributed by atoms with E-state index in [0.29, 0.717) is 13.0 Å². The molecule has 0 aromatic heterocycles. The van der Waals surface area contributed by atoms with Crippen molar-refractivity contribution in [3.63, 3.8) is 0 Å². The van der Waals surface area contributed by atoms with Gasteiger partial charge in [0.1, 0.15) is 0 Å². The Morgan fingerprint density at radius 3 is 2.50 bits per heavy atom. The molecule has 0 fully saturated rings. The molecule has 2 atom stereocenters. The molecule has 3 N–H and O–H groups in total. The highest BCUT2D eigenvalue weighted by Gasteiger charge is 2.15. The van der Waals surface area contributed by atoms with E-state index in [1.165, 1.54) is 0 Å². The molecule has 2 unspecified atom stereocenters. The lowest BCUT2D eigenvalue weighted by Crippen LogP contribution is -2.46. The first-order chi connectivity index (χ1) is 6.65. The van der Waals surface area contributed by atoms with Gasteiger partial charge in [-0.2, -0.15) is 0 Å². The Kier molecular flexibility index (Phi) is 7.42. The number of hydrogen-bond donors (Lipinski definition) is 3. The summed E-state index contributed by atoms with van der Waals surface area (Å²) in [4.78, 5) is 11.4. The minimum Gasteiger partial charge on any atom is -0.396 e. The van der Waals surface area contributed by atoms with Crippen molar-refractivity contribution in [1.82, 2.24) is 10.6 Å². The van der Waals surface area contributed by atoms with E-state index in [1.807, 2.05) is 20.8 Å². The van der Waals surface area contributed by atoms with Crippen LogP contribution in [0.15, 0.2) is 0 Å². The molecule has 4 heteroatoms. The first-order valence-corrected chi connectivity index (χ1v) is 5.30. The zero-order chi connectivity index (χ0) is 11.0. The van der Waals surface area contributed by atoms with E-state index in [1.54, 1.807) is 0 Å². The summed E-state index contributed by atoms with van der Waals surface area (Å²) in [6.45, 7) is 6.59. The van der Waals surface area contributed by atoms with Gasteiger partial charge in [-0.3, -0.25) is 4.79 Å². The summed E-state index contributed by atoms with van der Waals surface area (Å²) in [6.07, 6.45) is 1.62. The van der Waals surface area contributed by atoms with Gasteiger partial charge in [0, 0.05) is 19.2 Å². The van der Waals surface area contributed by atoms with E-state index in [9.17, 15) is 4.79 Å². The minimum absolute atomic E-state index is 0.0175. The summed E-state index contributed by atoms with van der Waals surface area (Å²) in [5, 5.41) is 14.7. The molecule has 0 aromatic carbocycles. The quantitative estimate of drug-likeness (QED) is 0.555. The molecule has 0 spiro atoms. The monoisotopic (exact) mass is 202 g/mol. The topological polar surface area (TPSA) is 61.4 Å². The van der Waals surface area contributed by atoms with Gasteiger partial charge in [0.15, 0.2) is 0 Å². The Labute approximate surface area is 86.1 Å². The maximum Gasteiger partial charge on any atom is 0.236 e. The fourth-order valence-electron chi connectivity index (χ4n) is 1.32. The molecule has 0 aliphatic heterocycles. The van der Waals surface area contributed by atoms with Gasteiger partial charge in [0.25, 0.3) is 0 Å². The Hall–Kier alpha value is -0.610. The van der Waals surface area contributed by atoms with Gasteiger partial charge >= 0.3 is 0 Å². The van der Waals surface area contributed by atoms with Crippen molar-refractivity contribution in [2.45, 2.75) is 45.7 Å². The van der Waals surface area contributed by atoms with Crippen LogP contribution in [0.4, 0.5) is 0 Å². The van der Waals surface area contributed by atoms with Crippen LogP contribution in [0.3, 0.4) is 0 Å². The van der Waals surface area contributed by atoms with Crippen LogP contribution in [0, 0.1) is 0 Å². The number of hydrogen-bond acceptors (Lipinski definition) is 3. The van der Waals surface area contributed by atoms with Crippen LogP contribution in [-0.4, -0.2) is 36.2 Å². The van der Waals surface area contributed by atoms with E-state index in [0.717, 1.165) is 6.42 Å². The molecule has 0 heterocycles. The van der Waals surface area contributed by atoms with Gasteiger partial charge in [-0.05, 0) is 26.7 Å². The predicted molar refractivity (Wildman–Crippen MR) is 57.1 cm³/mol. The van der Waals surface area contributed by atoms with Gasteiger partial charge in [-0.15, -0.1) is 0 Å². The number of carbonyl (C=O) groups excluding carboxylic acids is 1. The lowest BCUT2D eigenvalue weighted by Gasteiger charge is -2.20. The number of nitrogens with one attached hydrogen (secondary N) is 2. The summed E-state index contributed by atoms with van der Waals surface area (Å²) in [5.74, 6) is 0.0175. The Morgan fingerprint density at radius 1 is 1.43 bits per heavy atom. The third-order valence-electron chi connectivity index (χ3n) is 2.20. The normalized spacial score (nSPS) is 14.9. The lowest BCUT2D eigenvalue weighted by molar-refractivity contribution is -0.122. The largest absolute Gasteiger partial charge is 0.396 e. The second-order valence-electron chi connectivity index (χ2n) is 3.40. The smallest absolute Gasteiger partial charge is 0.236 e.